The van der Waals surface area contributed by atoms with Gasteiger partial charge >= 0.3 is 0 Å². The van der Waals surface area contributed by atoms with E-state index >= 15 is 0 Å². The maximum Gasteiger partial charge on any atom is 0.200 e. The van der Waals surface area contributed by atoms with Crippen LogP contribution >= 0.6 is 11.8 Å². The minimum Gasteiger partial charge on any atom is -0.461 e. The van der Waals surface area contributed by atoms with Crippen LogP contribution in [0.3, 0.4) is 0 Å². The zero-order valence-corrected chi connectivity index (χ0v) is 14.4. The number of nitriles is 1. The molecule has 4 rings (SSSR count). The van der Waals surface area contributed by atoms with E-state index in [-0.39, 0.29) is 0 Å². The molecule has 0 saturated heterocycles. The Kier molecular flexibility index (Phi) is 4.53. The van der Waals surface area contributed by atoms with Crippen molar-refractivity contribution >= 4 is 11.8 Å². The molecule has 1 aliphatic carbocycles. The molecule has 1 saturated carbocycles. The second-order valence-corrected chi connectivity index (χ2v) is 7.01. The van der Waals surface area contributed by atoms with Gasteiger partial charge < -0.3 is 4.42 Å². The summed E-state index contributed by atoms with van der Waals surface area (Å²) in [4.78, 5) is 4.34. The smallest absolute Gasteiger partial charge is 0.200 e. The first-order valence-corrected chi connectivity index (χ1v) is 9.20. The molecular formula is C18H17N5OS. The Morgan fingerprint density at radius 3 is 2.76 bits per heavy atom. The highest BCUT2D eigenvalue weighted by Crippen LogP contribution is 2.37. The van der Waals surface area contributed by atoms with Crippen molar-refractivity contribution in [3.05, 3.63) is 42.3 Å². The third-order valence-electron chi connectivity index (χ3n) is 4.38. The second-order valence-electron chi connectivity index (χ2n) is 6.02. The highest BCUT2D eigenvalue weighted by atomic mass is 32.2. The standard InChI is InChI=1S/C18H17N5OS/c19-12-13-6-4-10-16(20-13)25-18-22-21-17(15-9-5-11-24-15)23(18)14-7-2-1-3-8-14/h4-6,9-11,14H,1-3,7-8H2. The van der Waals surface area contributed by atoms with Gasteiger partial charge in [-0.2, -0.15) is 5.26 Å². The first kappa shape index (κ1) is 15.9. The molecule has 0 unspecified atom stereocenters. The van der Waals surface area contributed by atoms with Crippen LogP contribution in [0, 0.1) is 11.3 Å². The molecule has 3 heterocycles. The normalized spacial score (nSPS) is 15.2. The van der Waals surface area contributed by atoms with Gasteiger partial charge in [-0.15, -0.1) is 10.2 Å². The molecule has 0 spiro atoms. The molecule has 3 aromatic rings. The van der Waals surface area contributed by atoms with Crippen molar-refractivity contribution in [2.24, 2.45) is 0 Å². The van der Waals surface area contributed by atoms with E-state index in [1.807, 2.05) is 24.3 Å². The quantitative estimate of drug-likeness (QED) is 0.690. The van der Waals surface area contributed by atoms with E-state index in [1.54, 1.807) is 12.3 Å². The first-order valence-electron chi connectivity index (χ1n) is 8.39. The zero-order valence-electron chi connectivity index (χ0n) is 13.6. The predicted octanol–water partition coefficient (Wildman–Crippen LogP) is 4.46. The molecule has 0 aliphatic heterocycles. The predicted molar refractivity (Wildman–Crippen MR) is 92.9 cm³/mol. The summed E-state index contributed by atoms with van der Waals surface area (Å²) < 4.78 is 7.74. The summed E-state index contributed by atoms with van der Waals surface area (Å²) in [6.07, 6.45) is 7.60. The fourth-order valence-electron chi connectivity index (χ4n) is 3.22. The molecule has 1 fully saturated rings. The zero-order chi connectivity index (χ0) is 17.1. The minimum absolute atomic E-state index is 0.366. The van der Waals surface area contributed by atoms with Gasteiger partial charge in [0.1, 0.15) is 16.8 Å². The monoisotopic (exact) mass is 351 g/mol. The number of nitrogens with zero attached hydrogens (tertiary/aromatic N) is 5. The van der Waals surface area contributed by atoms with Crippen LogP contribution < -0.4 is 0 Å². The maximum atomic E-state index is 9.05. The first-order chi connectivity index (χ1) is 12.3. The fourth-order valence-corrected chi connectivity index (χ4v) is 4.11. The van der Waals surface area contributed by atoms with Gasteiger partial charge in [0.05, 0.1) is 6.26 Å². The molecule has 0 bridgehead atoms. The average molecular weight is 351 g/mol. The van der Waals surface area contributed by atoms with Crippen molar-refractivity contribution in [1.29, 1.82) is 5.26 Å². The van der Waals surface area contributed by atoms with Gasteiger partial charge in [0.25, 0.3) is 0 Å². The van der Waals surface area contributed by atoms with Crippen molar-refractivity contribution in [3.63, 3.8) is 0 Å². The van der Waals surface area contributed by atoms with Crippen LogP contribution in [0.25, 0.3) is 11.6 Å². The van der Waals surface area contributed by atoms with Crippen LogP contribution in [-0.4, -0.2) is 19.7 Å². The molecule has 25 heavy (non-hydrogen) atoms. The van der Waals surface area contributed by atoms with Gasteiger partial charge in [0, 0.05) is 6.04 Å². The van der Waals surface area contributed by atoms with Crippen molar-refractivity contribution < 1.29 is 4.42 Å². The Balaban J connectivity index is 1.72. The number of rotatable bonds is 4. The van der Waals surface area contributed by atoms with Gasteiger partial charge in [0.2, 0.25) is 5.82 Å². The van der Waals surface area contributed by atoms with Gasteiger partial charge in [0.15, 0.2) is 10.9 Å². The number of hydrogen-bond donors (Lipinski definition) is 0. The van der Waals surface area contributed by atoms with E-state index in [0.717, 1.165) is 34.6 Å². The second kappa shape index (κ2) is 7.11. The van der Waals surface area contributed by atoms with E-state index < -0.39 is 0 Å². The van der Waals surface area contributed by atoms with E-state index in [0.29, 0.717) is 11.7 Å². The molecule has 0 radical (unpaired) electrons. The molecule has 7 heteroatoms. The molecule has 126 valence electrons. The Labute approximate surface area is 149 Å². The fraction of sp³-hybridized carbons (Fsp3) is 0.333. The SMILES string of the molecule is N#Cc1cccc(Sc2nnc(-c3ccco3)n2C2CCCCC2)n1. The van der Waals surface area contributed by atoms with Crippen molar-refractivity contribution in [3.8, 4) is 17.7 Å². The molecule has 0 aromatic carbocycles. The van der Waals surface area contributed by atoms with E-state index in [2.05, 4.69) is 25.8 Å². The Morgan fingerprint density at radius 2 is 2.00 bits per heavy atom. The average Bonchev–Trinajstić information content (AvgIpc) is 3.32. The Hall–Kier alpha value is -2.59. The number of furan rings is 1. The molecule has 6 nitrogen and oxygen atoms in total. The minimum atomic E-state index is 0.366. The molecular weight excluding hydrogens is 334 g/mol. The summed E-state index contributed by atoms with van der Waals surface area (Å²) in [6.45, 7) is 0. The third-order valence-corrected chi connectivity index (χ3v) is 5.28. The summed E-state index contributed by atoms with van der Waals surface area (Å²) in [5.41, 5.74) is 0.403. The van der Waals surface area contributed by atoms with Crippen molar-refractivity contribution in [1.82, 2.24) is 19.7 Å². The van der Waals surface area contributed by atoms with Gasteiger partial charge in [-0.05, 0) is 48.9 Å². The van der Waals surface area contributed by atoms with Gasteiger partial charge in [-0.3, -0.25) is 4.57 Å². The molecule has 1 aliphatic rings. The van der Waals surface area contributed by atoms with Crippen LogP contribution in [-0.2, 0) is 0 Å². The summed E-state index contributed by atoms with van der Waals surface area (Å²) in [7, 11) is 0. The lowest BCUT2D eigenvalue weighted by atomic mass is 9.95. The molecule has 0 atom stereocenters. The lowest BCUT2D eigenvalue weighted by Gasteiger charge is -2.25. The summed E-state index contributed by atoms with van der Waals surface area (Å²) in [5.74, 6) is 1.49. The highest BCUT2D eigenvalue weighted by Gasteiger charge is 2.25. The lowest BCUT2D eigenvalue weighted by Crippen LogP contribution is -2.15. The van der Waals surface area contributed by atoms with Gasteiger partial charge in [-0.25, -0.2) is 4.98 Å². The number of hydrogen-bond acceptors (Lipinski definition) is 6. The van der Waals surface area contributed by atoms with Crippen LogP contribution in [0.5, 0.6) is 0 Å². The third kappa shape index (κ3) is 3.30. The van der Waals surface area contributed by atoms with Crippen LogP contribution in [0.4, 0.5) is 0 Å². The Morgan fingerprint density at radius 1 is 1.12 bits per heavy atom. The number of pyridine rings is 1. The topological polar surface area (TPSA) is 80.5 Å². The summed E-state index contributed by atoms with van der Waals surface area (Å²) in [5, 5.41) is 19.4. The van der Waals surface area contributed by atoms with Gasteiger partial charge in [-0.1, -0.05) is 25.3 Å². The van der Waals surface area contributed by atoms with Crippen LogP contribution in [0.2, 0.25) is 0 Å². The largest absolute Gasteiger partial charge is 0.461 e. The van der Waals surface area contributed by atoms with Crippen molar-refractivity contribution in [2.75, 3.05) is 0 Å². The van der Waals surface area contributed by atoms with Crippen molar-refractivity contribution in [2.45, 2.75) is 48.3 Å². The summed E-state index contributed by atoms with van der Waals surface area (Å²) >= 11 is 1.44. The van der Waals surface area contributed by atoms with E-state index in [1.165, 1.54) is 31.0 Å². The Bertz CT molecular complexity index is 891. The molecule has 3 aromatic heterocycles. The van der Waals surface area contributed by atoms with Crippen LogP contribution in [0.1, 0.15) is 43.8 Å². The number of aromatic nitrogens is 4. The molecule has 0 N–H and O–H groups in total. The maximum absolute atomic E-state index is 9.05. The van der Waals surface area contributed by atoms with E-state index in [4.69, 9.17) is 9.68 Å². The lowest BCUT2D eigenvalue weighted by molar-refractivity contribution is 0.337. The van der Waals surface area contributed by atoms with E-state index in [9.17, 15) is 0 Å². The highest BCUT2D eigenvalue weighted by molar-refractivity contribution is 7.99. The van der Waals surface area contributed by atoms with Crippen LogP contribution in [0.15, 0.2) is 51.2 Å². The summed E-state index contributed by atoms with van der Waals surface area (Å²) in [6, 6.07) is 11.6. The molecule has 0 amide bonds.